The zero-order chi connectivity index (χ0) is 14.7. The van der Waals surface area contributed by atoms with Crippen molar-refractivity contribution in [2.24, 2.45) is 9.98 Å². The number of fused-ring (bicyclic) bond motifs is 1. The van der Waals surface area contributed by atoms with Crippen molar-refractivity contribution in [3.8, 4) is 0 Å². The number of aliphatic imine (C=N–C) groups is 2. The van der Waals surface area contributed by atoms with Gasteiger partial charge in [0.05, 0.1) is 5.71 Å². The molecule has 2 aromatic heterocycles. The molecule has 0 fully saturated rings. The van der Waals surface area contributed by atoms with Gasteiger partial charge in [-0.3, -0.25) is 9.98 Å². The Bertz CT molecular complexity index is 788. The van der Waals surface area contributed by atoms with E-state index in [1.807, 2.05) is 24.5 Å². The fourth-order valence-electron chi connectivity index (χ4n) is 2.24. The number of rotatable bonds is 3. The van der Waals surface area contributed by atoms with Crippen LogP contribution in [-0.2, 0) is 0 Å². The van der Waals surface area contributed by atoms with Crippen LogP contribution in [0.2, 0.25) is 0 Å². The SMILES string of the molecule is CN=C(/C=C\C1=NC=CCC1)c1c[nH]c2nc(N)ncc12.[HH].[HH]. The number of aromatic amines is 1. The first-order chi connectivity index (χ1) is 10.3. The van der Waals surface area contributed by atoms with Gasteiger partial charge in [-0.25, -0.2) is 4.98 Å². The number of nitrogens with zero attached hydrogens (tertiary/aromatic N) is 4. The Labute approximate surface area is 125 Å². The van der Waals surface area contributed by atoms with E-state index >= 15 is 0 Å². The van der Waals surface area contributed by atoms with Crippen molar-refractivity contribution in [3.05, 3.63) is 42.4 Å². The first-order valence-corrected chi connectivity index (χ1v) is 6.74. The quantitative estimate of drug-likeness (QED) is 0.849. The average molecular weight is 284 g/mol. The number of hydrogen-bond donors (Lipinski definition) is 2. The van der Waals surface area contributed by atoms with E-state index in [0.717, 1.165) is 35.2 Å². The molecule has 0 atom stereocenters. The molecule has 0 unspecified atom stereocenters. The summed E-state index contributed by atoms with van der Waals surface area (Å²) in [5.74, 6) is 0.254. The first kappa shape index (κ1) is 13.2. The fourth-order valence-corrected chi connectivity index (χ4v) is 2.24. The Hall–Kier alpha value is -2.76. The van der Waals surface area contributed by atoms with E-state index in [9.17, 15) is 0 Å². The van der Waals surface area contributed by atoms with Gasteiger partial charge in [0.25, 0.3) is 0 Å². The Morgan fingerprint density at radius 3 is 3.19 bits per heavy atom. The largest absolute Gasteiger partial charge is 0.368 e. The van der Waals surface area contributed by atoms with Crippen LogP contribution in [0.4, 0.5) is 5.95 Å². The lowest BCUT2D eigenvalue weighted by Crippen LogP contribution is -2.00. The minimum Gasteiger partial charge on any atom is -0.368 e. The van der Waals surface area contributed by atoms with Crippen molar-refractivity contribution in [2.45, 2.75) is 12.8 Å². The topological polar surface area (TPSA) is 92.3 Å². The van der Waals surface area contributed by atoms with Crippen LogP contribution in [0, 0.1) is 0 Å². The van der Waals surface area contributed by atoms with Crippen LogP contribution in [0.15, 0.2) is 46.8 Å². The third-order valence-corrected chi connectivity index (χ3v) is 3.31. The molecule has 0 saturated heterocycles. The zero-order valence-electron chi connectivity index (χ0n) is 11.7. The molecular formula is C15H20N6. The molecule has 0 aromatic carbocycles. The lowest BCUT2D eigenvalue weighted by atomic mass is 10.1. The number of nitrogens with two attached hydrogens (primary N) is 1. The van der Waals surface area contributed by atoms with Gasteiger partial charge < -0.3 is 10.7 Å². The predicted molar refractivity (Wildman–Crippen MR) is 89.9 cm³/mol. The summed E-state index contributed by atoms with van der Waals surface area (Å²) in [5, 5.41) is 0.903. The molecule has 0 radical (unpaired) electrons. The van der Waals surface area contributed by atoms with Crippen LogP contribution in [0.5, 0.6) is 0 Å². The predicted octanol–water partition coefficient (Wildman–Crippen LogP) is 2.76. The molecule has 0 aliphatic carbocycles. The highest BCUT2D eigenvalue weighted by Crippen LogP contribution is 2.18. The molecule has 1 aliphatic rings. The first-order valence-electron chi connectivity index (χ1n) is 6.74. The van der Waals surface area contributed by atoms with E-state index in [2.05, 4.69) is 31.0 Å². The van der Waals surface area contributed by atoms with Gasteiger partial charge in [-0.15, -0.1) is 0 Å². The smallest absolute Gasteiger partial charge is 0.221 e. The maximum absolute atomic E-state index is 5.59. The second kappa shape index (κ2) is 5.70. The van der Waals surface area contributed by atoms with Crippen molar-refractivity contribution in [2.75, 3.05) is 12.8 Å². The van der Waals surface area contributed by atoms with Gasteiger partial charge in [0.15, 0.2) is 0 Å². The van der Waals surface area contributed by atoms with Gasteiger partial charge in [-0.1, -0.05) is 6.08 Å². The number of hydrogen-bond acceptors (Lipinski definition) is 5. The van der Waals surface area contributed by atoms with Crippen LogP contribution < -0.4 is 5.73 Å². The summed E-state index contributed by atoms with van der Waals surface area (Å²) < 4.78 is 0. The summed E-state index contributed by atoms with van der Waals surface area (Å²) in [7, 11) is 1.76. The number of nitrogen functional groups attached to an aromatic ring is 1. The summed E-state index contributed by atoms with van der Waals surface area (Å²) in [6, 6.07) is 0. The number of aromatic nitrogens is 3. The highest BCUT2D eigenvalue weighted by molar-refractivity contribution is 6.17. The number of H-pyrrole nitrogens is 1. The van der Waals surface area contributed by atoms with E-state index < -0.39 is 0 Å². The summed E-state index contributed by atoms with van der Waals surface area (Å²) in [5.41, 5.74) is 9.16. The molecule has 0 bridgehead atoms. The van der Waals surface area contributed by atoms with Crippen molar-refractivity contribution < 1.29 is 2.85 Å². The molecular weight excluding hydrogens is 264 g/mol. The maximum atomic E-state index is 5.59. The molecule has 1 aliphatic heterocycles. The second-order valence-corrected chi connectivity index (χ2v) is 4.68. The zero-order valence-corrected chi connectivity index (χ0v) is 11.7. The summed E-state index contributed by atoms with van der Waals surface area (Å²) >= 11 is 0. The number of anilines is 1. The maximum Gasteiger partial charge on any atom is 0.221 e. The molecule has 3 rings (SSSR count). The van der Waals surface area contributed by atoms with Crippen molar-refractivity contribution in [3.63, 3.8) is 0 Å². The monoisotopic (exact) mass is 284 g/mol. The van der Waals surface area contributed by atoms with Gasteiger partial charge in [0.1, 0.15) is 5.65 Å². The van der Waals surface area contributed by atoms with Crippen LogP contribution in [0.25, 0.3) is 11.0 Å². The van der Waals surface area contributed by atoms with Crippen LogP contribution in [-0.4, -0.2) is 33.4 Å². The Morgan fingerprint density at radius 2 is 2.43 bits per heavy atom. The second-order valence-electron chi connectivity index (χ2n) is 4.68. The highest BCUT2D eigenvalue weighted by Gasteiger charge is 2.09. The van der Waals surface area contributed by atoms with E-state index in [1.165, 1.54) is 0 Å². The Balaban J connectivity index is 0.00000132. The van der Waals surface area contributed by atoms with E-state index in [0.29, 0.717) is 5.65 Å². The number of nitrogens with one attached hydrogen (secondary N) is 1. The summed E-state index contributed by atoms with van der Waals surface area (Å²) in [4.78, 5) is 20.0. The van der Waals surface area contributed by atoms with Gasteiger partial charge in [-0.05, 0) is 25.0 Å². The fraction of sp³-hybridized carbons (Fsp3) is 0.200. The molecule has 0 saturated carbocycles. The lowest BCUT2D eigenvalue weighted by Gasteiger charge is -2.03. The molecule has 3 N–H and O–H groups in total. The van der Waals surface area contributed by atoms with Gasteiger partial charge >= 0.3 is 0 Å². The Morgan fingerprint density at radius 1 is 1.52 bits per heavy atom. The average Bonchev–Trinajstić information content (AvgIpc) is 2.92. The van der Waals surface area contributed by atoms with Crippen molar-refractivity contribution in [1.29, 1.82) is 0 Å². The van der Waals surface area contributed by atoms with E-state index in [1.54, 1.807) is 13.2 Å². The molecule has 110 valence electrons. The Kier molecular flexibility index (Phi) is 3.59. The van der Waals surface area contributed by atoms with Crippen LogP contribution >= 0.6 is 0 Å². The van der Waals surface area contributed by atoms with Gasteiger partial charge in [0, 0.05) is 45.2 Å². The molecule has 6 heteroatoms. The lowest BCUT2D eigenvalue weighted by molar-refractivity contribution is 1.07. The van der Waals surface area contributed by atoms with Crippen molar-refractivity contribution in [1.82, 2.24) is 15.0 Å². The van der Waals surface area contributed by atoms with Gasteiger partial charge in [-0.2, -0.15) is 4.98 Å². The molecule has 2 aromatic rings. The minimum absolute atomic E-state index is 0. The van der Waals surface area contributed by atoms with Crippen LogP contribution in [0.1, 0.15) is 21.3 Å². The summed E-state index contributed by atoms with van der Waals surface area (Å²) in [6.07, 6.45) is 13.4. The minimum atomic E-state index is 0. The normalized spacial score (nSPS) is 15.9. The third-order valence-electron chi connectivity index (χ3n) is 3.31. The third kappa shape index (κ3) is 2.74. The molecule has 21 heavy (non-hydrogen) atoms. The molecule has 3 heterocycles. The summed E-state index contributed by atoms with van der Waals surface area (Å²) in [6.45, 7) is 0. The van der Waals surface area contributed by atoms with Crippen molar-refractivity contribution >= 4 is 28.4 Å². The van der Waals surface area contributed by atoms with Crippen LogP contribution in [0.3, 0.4) is 0 Å². The number of allylic oxidation sites excluding steroid dienone is 3. The molecule has 0 amide bonds. The molecule has 0 spiro atoms. The standard InChI is InChI=1S/C15H16N6.2H2/c1-17-13(6-5-10-4-2-3-7-18-10)11-8-19-14-12(11)9-20-15(16)21-14;;/h3,5-9H,2,4H2,1H3,(H3,16,19,20,21);2*1H/b6-5-,17-13?;;. The highest BCUT2D eigenvalue weighted by atomic mass is 15.0. The van der Waals surface area contributed by atoms with E-state index in [-0.39, 0.29) is 8.80 Å². The molecule has 6 nitrogen and oxygen atoms in total. The van der Waals surface area contributed by atoms with E-state index in [4.69, 9.17) is 5.73 Å². The van der Waals surface area contributed by atoms with Gasteiger partial charge in [0.2, 0.25) is 5.95 Å².